The van der Waals surface area contributed by atoms with Crippen LogP contribution in [0.5, 0.6) is 0 Å². The number of carbonyl (C=O) groups is 4. The number of amides is 5. The third-order valence-electron chi connectivity index (χ3n) is 11.9. The fourth-order valence-electron chi connectivity index (χ4n) is 9.12. The number of urea groups is 1. The minimum absolute atomic E-state index is 0.0636. The van der Waals surface area contributed by atoms with E-state index in [4.69, 9.17) is 15.2 Å². The molecule has 3 atom stereocenters. The number of primary amides is 1. The van der Waals surface area contributed by atoms with Crippen LogP contribution in [-0.4, -0.2) is 106 Å². The SMILES string of the molecule is CN1CCN([C@@H]2CCCN(c3cnc(C(N)=O)c(Nc4ccc5c(c4)CN(C[C@H]4Cc6ccc7c(C8CCC(=O)NC8=O)noc7c6C4)CC5)n3)C2)C1=O. The standard InChI is InChI=1S/C39H44N10O5/c1-46-13-14-49(39(46)53)27-3-2-11-48(21-27)31-18-41-34(36(40)51)37(43-31)42-26-6-4-23-10-12-47(20-25(23)17-26)19-22-15-24-5-7-28-33(45-54-35(28)30(24)16-22)29-8-9-32(50)44-38(29)52/h4-7,17-18,22,27,29H,2-3,8-16,19-21H2,1H3,(H2,40,51)(H,42,43)(H,44,50,52)/t22-,27+,29?/m0/s1. The number of piperidine rings is 2. The molecule has 15 nitrogen and oxygen atoms in total. The number of nitrogens with two attached hydrogens (primary N) is 1. The normalized spacial score (nSPS) is 23.2. The number of likely N-dealkylation sites (N-methyl/N-ethyl adjacent to an activating group) is 1. The molecule has 4 N–H and O–H groups in total. The Bertz CT molecular complexity index is 2190. The zero-order valence-corrected chi connectivity index (χ0v) is 30.3. The van der Waals surface area contributed by atoms with E-state index < -0.39 is 11.8 Å². The predicted molar refractivity (Wildman–Crippen MR) is 199 cm³/mol. The number of hydrogen-bond acceptors (Lipinski definition) is 11. The van der Waals surface area contributed by atoms with Crippen LogP contribution < -0.4 is 21.3 Å². The van der Waals surface area contributed by atoms with Gasteiger partial charge in [0.15, 0.2) is 17.1 Å². The highest BCUT2D eigenvalue weighted by atomic mass is 16.5. The molecule has 0 radical (unpaired) electrons. The lowest BCUT2D eigenvalue weighted by Crippen LogP contribution is -2.49. The molecule has 9 rings (SSSR count). The summed E-state index contributed by atoms with van der Waals surface area (Å²) in [5.74, 6) is -0.328. The Hall–Kier alpha value is -5.57. The summed E-state index contributed by atoms with van der Waals surface area (Å²) in [5.41, 5.74) is 13.0. The first-order chi connectivity index (χ1) is 26.2. The molecule has 5 amide bonds. The number of aromatic nitrogens is 3. The molecule has 3 saturated heterocycles. The van der Waals surface area contributed by atoms with Crippen LogP contribution >= 0.6 is 0 Å². The number of imide groups is 1. The summed E-state index contributed by atoms with van der Waals surface area (Å²) in [6, 6.07) is 10.6. The number of anilines is 3. The Balaban J connectivity index is 0.877. The molecule has 15 heteroatoms. The monoisotopic (exact) mass is 732 g/mol. The van der Waals surface area contributed by atoms with Gasteiger partial charge in [-0.15, -0.1) is 0 Å². The summed E-state index contributed by atoms with van der Waals surface area (Å²) >= 11 is 0. The molecule has 0 bridgehead atoms. The molecule has 4 aromatic rings. The number of nitrogens with zero attached hydrogens (tertiary/aromatic N) is 7. The van der Waals surface area contributed by atoms with E-state index in [0.29, 0.717) is 42.6 Å². The van der Waals surface area contributed by atoms with Crippen molar-refractivity contribution < 1.29 is 23.7 Å². The van der Waals surface area contributed by atoms with Crippen molar-refractivity contribution in [1.29, 1.82) is 0 Å². The van der Waals surface area contributed by atoms with Gasteiger partial charge >= 0.3 is 6.03 Å². The van der Waals surface area contributed by atoms with Crippen molar-refractivity contribution in [1.82, 2.24) is 35.1 Å². The molecular weight excluding hydrogens is 688 g/mol. The molecular formula is C39H44N10O5. The lowest BCUT2D eigenvalue weighted by Gasteiger charge is -2.37. The van der Waals surface area contributed by atoms with Crippen LogP contribution in [0.3, 0.4) is 0 Å². The van der Waals surface area contributed by atoms with Gasteiger partial charge in [-0.05, 0) is 79.3 Å². The van der Waals surface area contributed by atoms with Crippen LogP contribution in [0.15, 0.2) is 41.1 Å². The van der Waals surface area contributed by atoms with Crippen molar-refractivity contribution in [2.24, 2.45) is 11.7 Å². The first-order valence-corrected chi connectivity index (χ1v) is 19.0. The van der Waals surface area contributed by atoms with E-state index in [-0.39, 0.29) is 29.6 Å². The van der Waals surface area contributed by atoms with Crippen molar-refractivity contribution in [3.05, 3.63) is 70.2 Å². The van der Waals surface area contributed by atoms with Gasteiger partial charge in [-0.25, -0.2) is 14.8 Å². The molecule has 0 spiro atoms. The molecule has 4 aliphatic heterocycles. The third-order valence-corrected chi connectivity index (χ3v) is 11.9. The largest absolute Gasteiger partial charge is 0.364 e. The fraction of sp³-hybridized carbons (Fsp3) is 0.462. The van der Waals surface area contributed by atoms with E-state index in [1.807, 2.05) is 24.1 Å². The summed E-state index contributed by atoms with van der Waals surface area (Å²) in [6.45, 7) is 5.56. The third kappa shape index (κ3) is 6.29. The number of benzene rings is 2. The highest BCUT2D eigenvalue weighted by molar-refractivity contribution is 6.02. The van der Waals surface area contributed by atoms with E-state index in [1.165, 1.54) is 22.3 Å². The average Bonchev–Trinajstić information content (AvgIpc) is 3.87. The van der Waals surface area contributed by atoms with Crippen molar-refractivity contribution in [3.8, 4) is 0 Å². The van der Waals surface area contributed by atoms with Crippen LogP contribution in [0.2, 0.25) is 0 Å². The van der Waals surface area contributed by atoms with E-state index in [1.54, 1.807) is 11.1 Å². The van der Waals surface area contributed by atoms with Crippen LogP contribution in [-0.2, 0) is 35.4 Å². The highest BCUT2D eigenvalue weighted by Gasteiger charge is 2.36. The molecule has 54 heavy (non-hydrogen) atoms. The lowest BCUT2D eigenvalue weighted by molar-refractivity contribution is -0.134. The molecule has 3 fully saturated rings. The number of rotatable bonds is 8. The molecule has 2 aromatic carbocycles. The number of carbonyl (C=O) groups excluding carboxylic acids is 4. The van der Waals surface area contributed by atoms with Crippen molar-refractivity contribution in [3.63, 3.8) is 0 Å². The second-order valence-electron chi connectivity index (χ2n) is 15.4. The van der Waals surface area contributed by atoms with Gasteiger partial charge in [0.1, 0.15) is 11.5 Å². The van der Waals surface area contributed by atoms with Crippen molar-refractivity contribution >= 4 is 52.0 Å². The Labute approximate surface area is 312 Å². The van der Waals surface area contributed by atoms with E-state index >= 15 is 0 Å². The minimum Gasteiger partial charge on any atom is -0.364 e. The number of nitrogens with one attached hydrogen (secondary N) is 2. The lowest BCUT2D eigenvalue weighted by atomic mass is 9.92. The van der Waals surface area contributed by atoms with Crippen LogP contribution in [0, 0.1) is 5.92 Å². The maximum atomic E-state index is 12.7. The quantitative estimate of drug-likeness (QED) is 0.227. The van der Waals surface area contributed by atoms with Gasteiger partial charge in [0.05, 0.1) is 18.2 Å². The van der Waals surface area contributed by atoms with Gasteiger partial charge in [-0.1, -0.05) is 17.3 Å². The first kappa shape index (κ1) is 34.2. The van der Waals surface area contributed by atoms with Crippen LogP contribution in [0.4, 0.5) is 22.1 Å². The molecule has 0 saturated carbocycles. The predicted octanol–water partition coefficient (Wildman–Crippen LogP) is 3.09. The zero-order chi connectivity index (χ0) is 37.1. The average molecular weight is 733 g/mol. The highest BCUT2D eigenvalue weighted by Crippen LogP contribution is 2.38. The Morgan fingerprint density at radius 1 is 1.02 bits per heavy atom. The zero-order valence-electron chi connectivity index (χ0n) is 30.3. The van der Waals surface area contributed by atoms with Gasteiger partial charge in [0, 0.05) is 75.9 Å². The van der Waals surface area contributed by atoms with Crippen LogP contribution in [0.1, 0.15) is 70.0 Å². The summed E-state index contributed by atoms with van der Waals surface area (Å²) < 4.78 is 5.87. The summed E-state index contributed by atoms with van der Waals surface area (Å²) in [6.07, 6.45) is 6.94. The molecule has 2 aromatic heterocycles. The second-order valence-corrected chi connectivity index (χ2v) is 15.4. The second kappa shape index (κ2) is 13.7. The van der Waals surface area contributed by atoms with Gasteiger partial charge < -0.3 is 30.3 Å². The summed E-state index contributed by atoms with van der Waals surface area (Å²) in [7, 11) is 1.84. The maximum absolute atomic E-state index is 12.7. The molecule has 1 unspecified atom stereocenters. The molecule has 6 heterocycles. The number of fused-ring (bicyclic) bond motifs is 4. The summed E-state index contributed by atoms with van der Waals surface area (Å²) in [4.78, 5) is 67.1. The molecule has 1 aliphatic carbocycles. The van der Waals surface area contributed by atoms with Crippen molar-refractivity contribution in [2.75, 3.05) is 56.5 Å². The minimum atomic E-state index is -0.657. The molecule has 280 valence electrons. The van der Waals surface area contributed by atoms with Crippen molar-refractivity contribution in [2.45, 2.75) is 63.5 Å². The van der Waals surface area contributed by atoms with Gasteiger partial charge in [-0.2, -0.15) is 0 Å². The first-order valence-electron chi connectivity index (χ1n) is 19.0. The molecule has 5 aliphatic rings. The van der Waals surface area contributed by atoms with Gasteiger partial charge in [0.2, 0.25) is 11.8 Å². The summed E-state index contributed by atoms with van der Waals surface area (Å²) in [5, 5.41) is 11.0. The van der Waals surface area contributed by atoms with E-state index in [9.17, 15) is 19.2 Å². The van der Waals surface area contributed by atoms with Gasteiger partial charge in [0.25, 0.3) is 5.91 Å². The van der Waals surface area contributed by atoms with E-state index in [0.717, 1.165) is 88.0 Å². The Morgan fingerprint density at radius 3 is 2.70 bits per heavy atom. The Kier molecular flexibility index (Phi) is 8.67. The smallest absolute Gasteiger partial charge is 0.320 e. The topological polar surface area (TPSA) is 183 Å². The van der Waals surface area contributed by atoms with Crippen LogP contribution in [0.25, 0.3) is 11.0 Å². The maximum Gasteiger partial charge on any atom is 0.320 e. The fourth-order valence-corrected chi connectivity index (χ4v) is 9.12. The van der Waals surface area contributed by atoms with E-state index in [2.05, 4.69) is 48.8 Å². The Morgan fingerprint density at radius 2 is 1.89 bits per heavy atom. The number of hydrogen-bond donors (Lipinski definition) is 3. The van der Waals surface area contributed by atoms with Gasteiger partial charge in [-0.3, -0.25) is 24.6 Å².